The molecule has 1 aliphatic heterocycles. The van der Waals surface area contributed by atoms with Gasteiger partial charge in [-0.15, -0.1) is 11.8 Å². The van der Waals surface area contributed by atoms with Crippen molar-refractivity contribution in [1.29, 1.82) is 0 Å². The molecule has 0 radical (unpaired) electrons. The van der Waals surface area contributed by atoms with Crippen LogP contribution in [0.15, 0.2) is 58.3 Å². The molecule has 1 unspecified atom stereocenters. The summed E-state index contributed by atoms with van der Waals surface area (Å²) in [6.07, 6.45) is 1.54. The van der Waals surface area contributed by atoms with E-state index in [9.17, 15) is 13.2 Å². The third-order valence-electron chi connectivity index (χ3n) is 4.46. The Labute approximate surface area is 165 Å². The Balaban J connectivity index is 1.69. The summed E-state index contributed by atoms with van der Waals surface area (Å²) in [6.45, 7) is 4.52. The van der Waals surface area contributed by atoms with Crippen molar-refractivity contribution in [2.75, 3.05) is 18.0 Å². The normalized spacial score (nSPS) is 16.8. The van der Waals surface area contributed by atoms with Crippen LogP contribution in [0.4, 0.5) is 5.69 Å². The Morgan fingerprint density at radius 1 is 1.22 bits per heavy atom. The molecular weight excluding hydrogens is 380 g/mol. The monoisotopic (exact) mass is 404 g/mol. The third kappa shape index (κ3) is 4.91. The van der Waals surface area contributed by atoms with E-state index in [0.717, 1.165) is 17.7 Å². The summed E-state index contributed by atoms with van der Waals surface area (Å²) < 4.78 is 28.0. The standard InChI is InChI=1S/C20H24N2O3S2/c1-15-14-22(16(2)23)19-13-18(10-11-20(19)26-15)27(24,25)21-12-6-9-17-7-4-3-5-8-17/h3-5,7-8,10-11,13,15,21H,6,9,12,14H2,1-2H3. The molecule has 1 amide bonds. The number of benzene rings is 2. The highest BCUT2D eigenvalue weighted by atomic mass is 32.2. The minimum Gasteiger partial charge on any atom is -0.310 e. The van der Waals surface area contributed by atoms with Crippen molar-refractivity contribution in [1.82, 2.24) is 4.72 Å². The van der Waals surface area contributed by atoms with Crippen LogP contribution in [0.2, 0.25) is 0 Å². The quantitative estimate of drug-likeness (QED) is 0.749. The van der Waals surface area contributed by atoms with Gasteiger partial charge in [0.1, 0.15) is 0 Å². The number of carbonyl (C=O) groups excluding carboxylic acids is 1. The largest absolute Gasteiger partial charge is 0.310 e. The third-order valence-corrected chi connectivity index (χ3v) is 7.07. The summed E-state index contributed by atoms with van der Waals surface area (Å²) in [4.78, 5) is 14.8. The molecule has 0 aromatic heterocycles. The van der Waals surface area contributed by atoms with Crippen molar-refractivity contribution in [3.05, 3.63) is 54.1 Å². The predicted octanol–water partition coefficient (Wildman–Crippen LogP) is 3.44. The summed E-state index contributed by atoms with van der Waals surface area (Å²) in [5, 5.41) is 0.278. The second-order valence-electron chi connectivity index (χ2n) is 6.67. The molecule has 1 aliphatic rings. The molecule has 1 heterocycles. The molecule has 0 saturated carbocycles. The van der Waals surface area contributed by atoms with E-state index in [1.165, 1.54) is 12.5 Å². The maximum absolute atomic E-state index is 12.6. The summed E-state index contributed by atoms with van der Waals surface area (Å²) in [7, 11) is -3.61. The molecule has 1 N–H and O–H groups in total. The summed E-state index contributed by atoms with van der Waals surface area (Å²) in [5.74, 6) is -0.0752. The molecule has 2 aromatic carbocycles. The highest BCUT2D eigenvalue weighted by molar-refractivity contribution is 8.00. The van der Waals surface area contributed by atoms with Gasteiger partial charge in [-0.2, -0.15) is 0 Å². The molecule has 5 nitrogen and oxygen atoms in total. The molecule has 0 saturated heterocycles. The molecule has 7 heteroatoms. The second kappa shape index (κ2) is 8.46. The molecule has 27 heavy (non-hydrogen) atoms. The van der Waals surface area contributed by atoms with E-state index in [1.807, 2.05) is 30.3 Å². The number of thioether (sulfide) groups is 1. The summed E-state index contributed by atoms with van der Waals surface area (Å²) >= 11 is 1.66. The summed E-state index contributed by atoms with van der Waals surface area (Å²) in [5.41, 5.74) is 1.87. The number of rotatable bonds is 6. The Morgan fingerprint density at radius 2 is 1.96 bits per heavy atom. The van der Waals surface area contributed by atoms with E-state index in [0.29, 0.717) is 18.8 Å². The van der Waals surface area contributed by atoms with E-state index >= 15 is 0 Å². The fourth-order valence-corrected chi connectivity index (χ4v) is 5.30. The van der Waals surface area contributed by atoms with Crippen molar-refractivity contribution in [3.63, 3.8) is 0 Å². The van der Waals surface area contributed by atoms with Crippen LogP contribution in [0.1, 0.15) is 25.8 Å². The maximum Gasteiger partial charge on any atom is 0.240 e. The topological polar surface area (TPSA) is 66.5 Å². The lowest BCUT2D eigenvalue weighted by molar-refractivity contribution is -0.116. The number of hydrogen-bond acceptors (Lipinski definition) is 4. The van der Waals surface area contributed by atoms with E-state index in [1.54, 1.807) is 34.9 Å². The minimum absolute atomic E-state index is 0.0752. The van der Waals surface area contributed by atoms with Crippen LogP contribution in [0.5, 0.6) is 0 Å². The first kappa shape index (κ1) is 19.9. The van der Waals surface area contributed by atoms with E-state index in [2.05, 4.69) is 11.6 Å². The number of anilines is 1. The molecule has 2 aromatic rings. The molecule has 144 valence electrons. The van der Waals surface area contributed by atoms with Gasteiger partial charge in [-0.3, -0.25) is 4.79 Å². The average Bonchev–Trinajstić information content (AvgIpc) is 2.65. The fourth-order valence-electron chi connectivity index (χ4n) is 3.11. The number of aryl methyl sites for hydroxylation is 1. The van der Waals surface area contributed by atoms with Gasteiger partial charge < -0.3 is 4.90 Å². The molecular formula is C20H24N2O3S2. The average molecular weight is 405 g/mol. The number of carbonyl (C=O) groups is 1. The number of sulfonamides is 1. The van der Waals surface area contributed by atoms with E-state index < -0.39 is 10.0 Å². The molecule has 0 aliphatic carbocycles. The van der Waals surface area contributed by atoms with Gasteiger partial charge in [0.2, 0.25) is 15.9 Å². The van der Waals surface area contributed by atoms with Crippen molar-refractivity contribution >= 4 is 33.4 Å². The molecule has 1 atom stereocenters. The lowest BCUT2D eigenvalue weighted by Gasteiger charge is -2.32. The number of nitrogens with zero attached hydrogens (tertiary/aromatic N) is 1. The zero-order valence-corrected chi connectivity index (χ0v) is 17.1. The Hall–Kier alpha value is -1.83. The maximum atomic E-state index is 12.6. The Morgan fingerprint density at radius 3 is 2.67 bits per heavy atom. The van der Waals surface area contributed by atoms with Gasteiger partial charge in [-0.25, -0.2) is 13.1 Å². The van der Waals surface area contributed by atoms with Gasteiger partial charge in [-0.1, -0.05) is 37.3 Å². The van der Waals surface area contributed by atoms with Crippen LogP contribution < -0.4 is 9.62 Å². The van der Waals surface area contributed by atoms with Crippen LogP contribution in [0.3, 0.4) is 0 Å². The van der Waals surface area contributed by atoms with Crippen LogP contribution in [0, 0.1) is 0 Å². The smallest absolute Gasteiger partial charge is 0.240 e. The Bertz CT molecular complexity index is 914. The van der Waals surface area contributed by atoms with E-state index in [4.69, 9.17) is 0 Å². The van der Waals surface area contributed by atoms with Crippen molar-refractivity contribution < 1.29 is 13.2 Å². The van der Waals surface area contributed by atoms with E-state index in [-0.39, 0.29) is 16.1 Å². The molecule has 3 rings (SSSR count). The fraction of sp³-hybridized carbons (Fsp3) is 0.350. The van der Waals surface area contributed by atoms with Gasteiger partial charge in [0.15, 0.2) is 0 Å². The highest BCUT2D eigenvalue weighted by Gasteiger charge is 2.27. The zero-order chi connectivity index (χ0) is 19.4. The molecule has 0 fully saturated rings. The van der Waals surface area contributed by atoms with Gasteiger partial charge in [0.25, 0.3) is 0 Å². The first-order chi connectivity index (χ1) is 12.9. The van der Waals surface area contributed by atoms with Crippen molar-refractivity contribution in [2.24, 2.45) is 0 Å². The first-order valence-corrected chi connectivity index (χ1v) is 11.4. The minimum atomic E-state index is -3.61. The van der Waals surface area contributed by atoms with Crippen molar-refractivity contribution in [2.45, 2.75) is 41.7 Å². The number of hydrogen-bond donors (Lipinski definition) is 1. The van der Waals surface area contributed by atoms with Crippen molar-refractivity contribution in [3.8, 4) is 0 Å². The van der Waals surface area contributed by atoms with Crippen LogP contribution in [-0.4, -0.2) is 32.7 Å². The van der Waals surface area contributed by atoms with Crippen LogP contribution in [-0.2, 0) is 21.2 Å². The van der Waals surface area contributed by atoms with Gasteiger partial charge >= 0.3 is 0 Å². The summed E-state index contributed by atoms with van der Waals surface area (Å²) in [6, 6.07) is 15.0. The first-order valence-electron chi connectivity index (χ1n) is 8.99. The number of fused-ring (bicyclic) bond motifs is 1. The molecule has 0 bridgehead atoms. The number of nitrogens with one attached hydrogen (secondary N) is 1. The van der Waals surface area contributed by atoms with Gasteiger partial charge in [-0.05, 0) is 36.6 Å². The second-order valence-corrected chi connectivity index (χ2v) is 9.92. The van der Waals surface area contributed by atoms with Gasteiger partial charge in [0.05, 0.1) is 10.6 Å². The Kier molecular flexibility index (Phi) is 6.24. The molecule has 0 spiro atoms. The van der Waals surface area contributed by atoms with Crippen LogP contribution in [0.25, 0.3) is 0 Å². The highest BCUT2D eigenvalue weighted by Crippen LogP contribution is 2.39. The zero-order valence-electron chi connectivity index (χ0n) is 15.5. The predicted molar refractivity (Wildman–Crippen MR) is 110 cm³/mol. The van der Waals surface area contributed by atoms with Crippen LogP contribution >= 0.6 is 11.8 Å². The lowest BCUT2D eigenvalue weighted by atomic mass is 10.1. The number of amides is 1. The lowest BCUT2D eigenvalue weighted by Crippen LogP contribution is -2.37. The SMILES string of the molecule is CC(=O)N1CC(C)Sc2ccc(S(=O)(=O)NCCCc3ccccc3)cc21. The van der Waals surface area contributed by atoms with Gasteiger partial charge in [0, 0.05) is 30.2 Å².